The number of allylic oxidation sites excluding steroid dienone is 1. The average Bonchev–Trinajstić information content (AvgIpc) is 2.98. The molecule has 0 aliphatic carbocycles. The van der Waals surface area contributed by atoms with Crippen LogP contribution in [0.25, 0.3) is 0 Å². The topological polar surface area (TPSA) is 170 Å². The lowest BCUT2D eigenvalue weighted by atomic mass is 9.96. The van der Waals surface area contributed by atoms with E-state index in [-0.39, 0.29) is 17.4 Å². The van der Waals surface area contributed by atoms with Crippen LogP contribution in [-0.2, 0) is 33.3 Å². The van der Waals surface area contributed by atoms with Gasteiger partial charge < -0.3 is 48.8 Å². The summed E-state index contributed by atoms with van der Waals surface area (Å²) in [5.74, 6) is -1.68. The maximum atomic E-state index is 12.8. The van der Waals surface area contributed by atoms with Crippen molar-refractivity contribution in [1.29, 1.82) is 0 Å². The van der Waals surface area contributed by atoms with Gasteiger partial charge in [0, 0.05) is 11.1 Å². The summed E-state index contributed by atoms with van der Waals surface area (Å²) in [6.07, 6.45) is -11.3. The van der Waals surface area contributed by atoms with Crippen molar-refractivity contribution in [3.05, 3.63) is 34.9 Å². The van der Waals surface area contributed by atoms with Crippen LogP contribution in [0.2, 0.25) is 0 Å². The summed E-state index contributed by atoms with van der Waals surface area (Å²) in [4.78, 5) is 25.2. The van der Waals surface area contributed by atoms with Gasteiger partial charge in [0.25, 0.3) is 0 Å². The highest BCUT2D eigenvalue weighted by atomic mass is 16.7. The molecule has 0 aromatic heterocycles. The minimum Gasteiger partial charge on any atom is -0.504 e. The molecule has 4 N–H and O–H groups in total. The fourth-order valence-electron chi connectivity index (χ4n) is 4.97. The van der Waals surface area contributed by atoms with Crippen LogP contribution in [0.3, 0.4) is 0 Å². The molecule has 44 heavy (non-hydrogen) atoms. The number of benzene rings is 1. The highest BCUT2D eigenvalue weighted by molar-refractivity contribution is 5.87. The van der Waals surface area contributed by atoms with E-state index in [2.05, 4.69) is 0 Å². The predicted molar refractivity (Wildman–Crippen MR) is 158 cm³/mol. The van der Waals surface area contributed by atoms with Gasteiger partial charge >= 0.3 is 11.9 Å². The van der Waals surface area contributed by atoms with Crippen molar-refractivity contribution in [1.82, 2.24) is 0 Å². The van der Waals surface area contributed by atoms with Crippen LogP contribution in [0.15, 0.2) is 23.8 Å². The molecule has 12 nitrogen and oxygen atoms in total. The first-order valence-corrected chi connectivity index (χ1v) is 15.2. The fraction of sp³-hybridized carbons (Fsp3) is 0.688. The molecule has 0 spiro atoms. The normalized spacial score (nSPS) is 33.5. The summed E-state index contributed by atoms with van der Waals surface area (Å²) >= 11 is 0. The average molecular weight is 625 g/mol. The van der Waals surface area contributed by atoms with Crippen molar-refractivity contribution < 1.29 is 58.4 Å². The Hall–Kier alpha value is -2.74. The van der Waals surface area contributed by atoms with Gasteiger partial charge in [-0.3, -0.25) is 4.79 Å². The third kappa shape index (κ3) is 7.72. The molecule has 2 aliphatic heterocycles. The number of aryl methyl sites for hydroxylation is 1. The number of hydrogen-bond donors (Lipinski definition) is 4. The molecule has 1 aromatic carbocycles. The SMILES string of the molecule is C/C=C(/C)C(=O)O[C@H]1[C@H](O[C@H]2O[C@H](C)[C@H](OC(=O)C(C)CC)[C@H](O)[C@H]2O)[C@@H](O)[C@H](Oc2c(C(C)C)ccc(C)c2O)O[C@@H]1C. The van der Waals surface area contributed by atoms with E-state index in [0.29, 0.717) is 23.1 Å². The minimum atomic E-state index is -1.70. The molecule has 0 saturated carbocycles. The molecule has 1 aromatic rings. The predicted octanol–water partition coefficient (Wildman–Crippen LogP) is 3.00. The van der Waals surface area contributed by atoms with E-state index in [0.717, 1.165) is 0 Å². The molecular formula is C32H48O12. The molecule has 0 radical (unpaired) electrons. The van der Waals surface area contributed by atoms with Gasteiger partial charge in [-0.15, -0.1) is 0 Å². The van der Waals surface area contributed by atoms with Crippen LogP contribution in [-0.4, -0.2) is 93.8 Å². The Morgan fingerprint density at radius 3 is 2.14 bits per heavy atom. The number of carbonyl (C=O) groups excluding carboxylic acids is 2. The van der Waals surface area contributed by atoms with Crippen molar-refractivity contribution in [2.45, 2.75) is 136 Å². The van der Waals surface area contributed by atoms with Gasteiger partial charge in [0.05, 0.1) is 18.1 Å². The van der Waals surface area contributed by atoms with Crippen molar-refractivity contribution in [2.75, 3.05) is 0 Å². The van der Waals surface area contributed by atoms with Gasteiger partial charge in [0.1, 0.15) is 24.4 Å². The van der Waals surface area contributed by atoms with Crippen LogP contribution in [0.4, 0.5) is 0 Å². The van der Waals surface area contributed by atoms with Crippen LogP contribution < -0.4 is 4.74 Å². The van der Waals surface area contributed by atoms with Gasteiger partial charge in [-0.05, 0) is 52.5 Å². The Morgan fingerprint density at radius 1 is 0.932 bits per heavy atom. The van der Waals surface area contributed by atoms with Crippen LogP contribution in [0, 0.1) is 12.8 Å². The Labute approximate surface area is 258 Å². The van der Waals surface area contributed by atoms with Crippen molar-refractivity contribution in [3.8, 4) is 11.5 Å². The number of carbonyl (C=O) groups is 2. The van der Waals surface area contributed by atoms with Gasteiger partial charge in [0.15, 0.2) is 30.0 Å². The lowest BCUT2D eigenvalue weighted by Gasteiger charge is -2.46. The lowest BCUT2D eigenvalue weighted by Crippen LogP contribution is -2.65. The first-order chi connectivity index (χ1) is 20.6. The number of phenols is 1. The van der Waals surface area contributed by atoms with Crippen molar-refractivity contribution in [2.24, 2.45) is 5.92 Å². The zero-order chi connectivity index (χ0) is 33.0. The van der Waals surface area contributed by atoms with Gasteiger partial charge in [-0.2, -0.15) is 0 Å². The number of esters is 2. The molecule has 248 valence electrons. The summed E-state index contributed by atoms with van der Waals surface area (Å²) in [6, 6.07) is 3.57. The maximum Gasteiger partial charge on any atom is 0.333 e. The van der Waals surface area contributed by atoms with E-state index < -0.39 is 79.3 Å². The van der Waals surface area contributed by atoms with E-state index in [9.17, 15) is 30.0 Å². The number of aromatic hydroxyl groups is 1. The van der Waals surface area contributed by atoms with Crippen molar-refractivity contribution >= 4 is 11.9 Å². The Bertz CT molecular complexity index is 1180. The van der Waals surface area contributed by atoms with E-state index in [1.807, 2.05) is 26.8 Å². The Morgan fingerprint density at radius 2 is 1.55 bits per heavy atom. The second-order valence-corrected chi connectivity index (χ2v) is 12.0. The summed E-state index contributed by atoms with van der Waals surface area (Å²) in [6.45, 7) is 15.4. The molecule has 2 saturated heterocycles. The summed E-state index contributed by atoms with van der Waals surface area (Å²) in [5.41, 5.74) is 1.53. The largest absolute Gasteiger partial charge is 0.504 e. The first kappa shape index (κ1) is 35.7. The number of rotatable bonds is 10. The minimum absolute atomic E-state index is 0.0460. The Balaban J connectivity index is 1.92. The monoisotopic (exact) mass is 624 g/mol. The molecule has 1 unspecified atom stereocenters. The van der Waals surface area contributed by atoms with Gasteiger partial charge in [-0.25, -0.2) is 4.79 Å². The Kier molecular flexibility index (Phi) is 12.2. The van der Waals surface area contributed by atoms with Crippen molar-refractivity contribution in [3.63, 3.8) is 0 Å². The van der Waals surface area contributed by atoms with E-state index in [1.54, 1.807) is 53.7 Å². The van der Waals surface area contributed by atoms with E-state index >= 15 is 0 Å². The van der Waals surface area contributed by atoms with E-state index in [1.165, 1.54) is 0 Å². The smallest absolute Gasteiger partial charge is 0.333 e. The lowest BCUT2D eigenvalue weighted by molar-refractivity contribution is -0.347. The standard InChI is InChI=1S/C32H48O12/c1-10-15(5)29(37)41-25-18(8)39-31(23(35)22(25)34)44-28-24(36)32(40-19(9)26(28)42-30(38)16(6)11-2)43-27-20(14(3)4)13-12-17(7)21(27)33/h11-15,18-19,22-26,28,31-36H,10H2,1-9H3/b16-11-/t15?,18-,19-,22-,23-,24-,25+,26-,28-,31-,32+/m1/s1. The number of aliphatic hydroxyl groups excluding tert-OH is 3. The van der Waals surface area contributed by atoms with Crippen LogP contribution >= 0.6 is 0 Å². The molecular weight excluding hydrogens is 576 g/mol. The molecule has 0 amide bonds. The highest BCUT2D eigenvalue weighted by Crippen LogP contribution is 2.40. The number of phenolic OH excluding ortho intramolecular Hbond substituents is 1. The summed E-state index contributed by atoms with van der Waals surface area (Å²) < 4.78 is 35.1. The van der Waals surface area contributed by atoms with Crippen LogP contribution in [0.5, 0.6) is 11.5 Å². The third-order valence-electron chi connectivity index (χ3n) is 8.30. The van der Waals surface area contributed by atoms with E-state index in [4.69, 9.17) is 28.4 Å². The molecule has 2 fully saturated rings. The second kappa shape index (κ2) is 15.0. The maximum absolute atomic E-state index is 12.8. The third-order valence-corrected chi connectivity index (χ3v) is 8.30. The molecule has 2 heterocycles. The number of hydrogen-bond acceptors (Lipinski definition) is 12. The highest BCUT2D eigenvalue weighted by Gasteiger charge is 2.53. The van der Waals surface area contributed by atoms with Gasteiger partial charge in [0.2, 0.25) is 6.29 Å². The quantitative estimate of drug-likeness (QED) is 0.222. The second-order valence-electron chi connectivity index (χ2n) is 12.0. The molecule has 11 atom stereocenters. The molecule has 2 aliphatic rings. The summed E-state index contributed by atoms with van der Waals surface area (Å²) in [7, 11) is 0. The zero-order valence-electron chi connectivity index (χ0n) is 26.9. The molecule has 0 bridgehead atoms. The van der Waals surface area contributed by atoms with Gasteiger partial charge in [-0.1, -0.05) is 45.9 Å². The van der Waals surface area contributed by atoms with Crippen LogP contribution in [0.1, 0.15) is 78.9 Å². The number of ether oxygens (including phenoxy) is 6. The zero-order valence-corrected chi connectivity index (χ0v) is 26.9. The molecule has 12 heteroatoms. The molecule has 3 rings (SSSR count). The first-order valence-electron chi connectivity index (χ1n) is 15.2. The fourth-order valence-corrected chi connectivity index (χ4v) is 4.97. The summed E-state index contributed by atoms with van der Waals surface area (Å²) in [5, 5.41) is 44.3. The number of aliphatic hydroxyl groups is 3.